The molecule has 2 aromatic rings. The van der Waals surface area contributed by atoms with Gasteiger partial charge in [-0.2, -0.15) is 5.26 Å². The van der Waals surface area contributed by atoms with E-state index in [4.69, 9.17) is 0 Å². The van der Waals surface area contributed by atoms with Gasteiger partial charge < -0.3 is 10.2 Å². The fourth-order valence-corrected chi connectivity index (χ4v) is 2.87. The summed E-state index contributed by atoms with van der Waals surface area (Å²) in [5.41, 5.74) is 3.51. The molecule has 0 bridgehead atoms. The average Bonchev–Trinajstić information content (AvgIpc) is 3.08. The molecule has 2 heterocycles. The van der Waals surface area contributed by atoms with Crippen molar-refractivity contribution < 1.29 is 0 Å². The van der Waals surface area contributed by atoms with Gasteiger partial charge in [0.25, 0.3) is 0 Å². The zero-order chi connectivity index (χ0) is 16.2. The molecule has 1 fully saturated rings. The van der Waals surface area contributed by atoms with Crippen LogP contribution in [-0.2, 0) is 0 Å². The second-order valence-corrected chi connectivity index (χ2v) is 6.10. The van der Waals surface area contributed by atoms with Crippen molar-refractivity contribution >= 4 is 11.6 Å². The fraction of sp³-hybridized carbons (Fsp3) is 0.389. The summed E-state index contributed by atoms with van der Waals surface area (Å²) in [6, 6.07) is 10.5. The minimum absolute atomic E-state index is 0.275. The highest BCUT2D eigenvalue weighted by Crippen LogP contribution is 2.28. The number of nitriles is 1. The summed E-state index contributed by atoms with van der Waals surface area (Å²) in [5.74, 6) is 0.611. The number of hydrogen-bond donors (Lipinski definition) is 1. The van der Waals surface area contributed by atoms with Crippen LogP contribution in [0.25, 0.3) is 11.3 Å². The van der Waals surface area contributed by atoms with Crippen molar-refractivity contribution in [3.63, 3.8) is 0 Å². The van der Waals surface area contributed by atoms with Crippen LogP contribution in [0.2, 0.25) is 0 Å². The second kappa shape index (κ2) is 6.66. The quantitative estimate of drug-likeness (QED) is 0.937. The van der Waals surface area contributed by atoms with E-state index in [0.29, 0.717) is 11.5 Å². The van der Waals surface area contributed by atoms with Gasteiger partial charge in [0.15, 0.2) is 0 Å². The van der Waals surface area contributed by atoms with E-state index in [1.54, 1.807) is 6.20 Å². The minimum atomic E-state index is 0.275. The molecule has 0 radical (unpaired) electrons. The summed E-state index contributed by atoms with van der Waals surface area (Å²) >= 11 is 0. The van der Waals surface area contributed by atoms with Gasteiger partial charge in [0.1, 0.15) is 6.07 Å². The summed E-state index contributed by atoms with van der Waals surface area (Å²) < 4.78 is 0. The van der Waals surface area contributed by atoms with E-state index in [1.165, 1.54) is 12.8 Å². The Bertz CT molecular complexity index is 726. The van der Waals surface area contributed by atoms with Crippen molar-refractivity contribution in [1.29, 1.82) is 5.26 Å². The van der Waals surface area contributed by atoms with Crippen molar-refractivity contribution in [2.24, 2.45) is 0 Å². The number of rotatable bonds is 4. The number of anilines is 2. The average molecular weight is 307 g/mol. The lowest BCUT2D eigenvalue weighted by molar-refractivity contribution is 0.875. The third-order valence-electron chi connectivity index (χ3n) is 3.93. The molecule has 1 aromatic heterocycles. The predicted octanol–water partition coefficient (Wildman–Crippen LogP) is 3.44. The molecule has 5 nitrogen and oxygen atoms in total. The Hall–Kier alpha value is -2.61. The third-order valence-corrected chi connectivity index (χ3v) is 3.93. The Balaban J connectivity index is 1.93. The van der Waals surface area contributed by atoms with Crippen molar-refractivity contribution in [3.8, 4) is 17.3 Å². The molecule has 118 valence electrons. The van der Waals surface area contributed by atoms with Gasteiger partial charge in [0, 0.05) is 30.9 Å². The molecule has 0 atom stereocenters. The molecule has 3 rings (SSSR count). The highest BCUT2D eigenvalue weighted by molar-refractivity contribution is 5.70. The summed E-state index contributed by atoms with van der Waals surface area (Å²) in [5, 5.41) is 12.7. The Morgan fingerprint density at radius 1 is 1.22 bits per heavy atom. The van der Waals surface area contributed by atoms with Crippen molar-refractivity contribution in [3.05, 3.63) is 36.0 Å². The highest BCUT2D eigenvalue weighted by atomic mass is 15.1. The Morgan fingerprint density at radius 2 is 2.00 bits per heavy atom. The maximum absolute atomic E-state index is 9.50. The number of nitrogens with zero attached hydrogens (tertiary/aromatic N) is 4. The SMILES string of the molecule is CC(C)Nc1nccc(-c2ccc(N3CCCC3)c(C#N)c2)n1. The first-order valence-corrected chi connectivity index (χ1v) is 8.06. The van der Waals surface area contributed by atoms with E-state index in [-0.39, 0.29) is 6.04 Å². The molecule has 1 N–H and O–H groups in total. The van der Waals surface area contributed by atoms with Gasteiger partial charge in [-0.1, -0.05) is 6.07 Å². The van der Waals surface area contributed by atoms with Crippen molar-refractivity contribution in [2.45, 2.75) is 32.7 Å². The normalized spacial score (nSPS) is 14.1. The number of benzene rings is 1. The Labute approximate surface area is 137 Å². The van der Waals surface area contributed by atoms with Crippen LogP contribution >= 0.6 is 0 Å². The van der Waals surface area contributed by atoms with Gasteiger partial charge in [-0.05, 0) is 44.9 Å². The number of nitrogens with one attached hydrogen (secondary N) is 1. The van der Waals surface area contributed by atoms with Gasteiger partial charge in [0.2, 0.25) is 5.95 Å². The smallest absolute Gasteiger partial charge is 0.223 e. The van der Waals surface area contributed by atoms with Gasteiger partial charge in [-0.25, -0.2) is 9.97 Å². The second-order valence-electron chi connectivity index (χ2n) is 6.10. The van der Waals surface area contributed by atoms with Crippen LogP contribution in [0.5, 0.6) is 0 Å². The lowest BCUT2D eigenvalue weighted by Crippen LogP contribution is -2.18. The topological polar surface area (TPSA) is 64.8 Å². The first-order chi connectivity index (χ1) is 11.2. The molecule has 0 saturated carbocycles. The van der Waals surface area contributed by atoms with Crippen molar-refractivity contribution in [2.75, 3.05) is 23.3 Å². The lowest BCUT2D eigenvalue weighted by atomic mass is 10.1. The first kappa shape index (κ1) is 15.3. The van der Waals surface area contributed by atoms with Crippen LogP contribution in [0, 0.1) is 11.3 Å². The summed E-state index contributed by atoms with van der Waals surface area (Å²) in [4.78, 5) is 11.1. The summed E-state index contributed by atoms with van der Waals surface area (Å²) in [6.07, 6.45) is 4.14. The Kier molecular flexibility index (Phi) is 4.42. The largest absolute Gasteiger partial charge is 0.370 e. The van der Waals surface area contributed by atoms with E-state index in [2.05, 4.69) is 40.1 Å². The third kappa shape index (κ3) is 3.42. The molecular formula is C18H21N5. The minimum Gasteiger partial charge on any atom is -0.370 e. The molecule has 0 spiro atoms. The maximum Gasteiger partial charge on any atom is 0.223 e. The fourth-order valence-electron chi connectivity index (χ4n) is 2.87. The van der Waals surface area contributed by atoms with Gasteiger partial charge in [-0.15, -0.1) is 0 Å². The van der Waals surface area contributed by atoms with Crippen LogP contribution in [0.4, 0.5) is 11.6 Å². The molecule has 23 heavy (non-hydrogen) atoms. The summed E-state index contributed by atoms with van der Waals surface area (Å²) in [6.45, 7) is 6.16. The van der Waals surface area contributed by atoms with Crippen LogP contribution in [0.1, 0.15) is 32.3 Å². The Morgan fingerprint density at radius 3 is 2.70 bits per heavy atom. The predicted molar refractivity (Wildman–Crippen MR) is 92.4 cm³/mol. The molecule has 1 aliphatic rings. The summed E-state index contributed by atoms with van der Waals surface area (Å²) in [7, 11) is 0. The zero-order valence-electron chi connectivity index (χ0n) is 13.6. The van der Waals surface area contributed by atoms with Crippen molar-refractivity contribution in [1.82, 2.24) is 9.97 Å². The zero-order valence-corrected chi connectivity index (χ0v) is 13.6. The van der Waals surface area contributed by atoms with E-state index in [1.807, 2.05) is 24.3 Å². The van der Waals surface area contributed by atoms with Crippen LogP contribution in [-0.4, -0.2) is 29.1 Å². The number of aromatic nitrogens is 2. The van der Waals surface area contributed by atoms with E-state index in [0.717, 1.165) is 30.0 Å². The molecule has 5 heteroatoms. The molecule has 1 aliphatic heterocycles. The van der Waals surface area contributed by atoms with E-state index in [9.17, 15) is 5.26 Å². The molecule has 0 amide bonds. The van der Waals surface area contributed by atoms with Crippen LogP contribution < -0.4 is 10.2 Å². The van der Waals surface area contributed by atoms with Gasteiger partial charge in [-0.3, -0.25) is 0 Å². The maximum atomic E-state index is 9.50. The first-order valence-electron chi connectivity index (χ1n) is 8.06. The highest BCUT2D eigenvalue weighted by Gasteiger charge is 2.16. The van der Waals surface area contributed by atoms with Crippen LogP contribution in [0.15, 0.2) is 30.5 Å². The monoisotopic (exact) mass is 307 g/mol. The van der Waals surface area contributed by atoms with E-state index < -0.39 is 0 Å². The van der Waals surface area contributed by atoms with Gasteiger partial charge in [0.05, 0.1) is 16.9 Å². The number of hydrogen-bond acceptors (Lipinski definition) is 5. The molecule has 1 aromatic carbocycles. The molecular weight excluding hydrogens is 286 g/mol. The van der Waals surface area contributed by atoms with E-state index >= 15 is 0 Å². The lowest BCUT2D eigenvalue weighted by Gasteiger charge is -2.19. The standard InChI is InChI=1S/C18H21N5/c1-13(2)21-18-20-8-7-16(22-18)14-5-6-17(15(11-14)12-19)23-9-3-4-10-23/h5-8,11,13H,3-4,9-10H2,1-2H3,(H,20,21,22). The van der Waals surface area contributed by atoms with Crippen LogP contribution in [0.3, 0.4) is 0 Å². The molecule has 0 aliphatic carbocycles. The molecule has 1 saturated heterocycles. The van der Waals surface area contributed by atoms with Gasteiger partial charge >= 0.3 is 0 Å². The molecule has 0 unspecified atom stereocenters.